The molecule has 0 fully saturated rings. The van der Waals surface area contributed by atoms with E-state index >= 15 is 0 Å². The molecule has 0 aliphatic heterocycles. The Morgan fingerprint density at radius 1 is 0.889 bits per heavy atom. The highest BCUT2D eigenvalue weighted by Gasteiger charge is 2.10. The monoisotopic (exact) mass is 387 g/mol. The number of hydrogen-bond donors (Lipinski definition) is 3. The molecule has 0 heterocycles. The minimum Gasteiger partial charge on any atom is -0.497 e. The highest BCUT2D eigenvalue weighted by atomic mass is 32.1. The fourth-order valence-corrected chi connectivity index (χ4v) is 2.20. The first-order valence-corrected chi connectivity index (χ1v) is 8.73. The van der Waals surface area contributed by atoms with Crippen molar-refractivity contribution >= 4 is 29.1 Å². The second kappa shape index (κ2) is 10.1. The quantitative estimate of drug-likeness (QED) is 0.521. The first-order chi connectivity index (χ1) is 13.0. The van der Waals surface area contributed by atoms with Crippen LogP contribution in [0.25, 0.3) is 0 Å². The second-order valence-electron chi connectivity index (χ2n) is 5.46. The van der Waals surface area contributed by atoms with Crippen LogP contribution in [-0.2, 0) is 0 Å². The molecule has 2 amide bonds. The van der Waals surface area contributed by atoms with Gasteiger partial charge in [-0.25, -0.2) is 0 Å². The molecule has 3 N–H and O–H groups in total. The second-order valence-corrected chi connectivity index (χ2v) is 5.87. The Hall–Kier alpha value is -3.13. The molecule has 0 atom stereocenters. The summed E-state index contributed by atoms with van der Waals surface area (Å²) in [6.07, 6.45) is 0.907. The zero-order valence-corrected chi connectivity index (χ0v) is 15.9. The number of carbonyl (C=O) groups is 2. The first-order valence-electron chi connectivity index (χ1n) is 8.32. The topological polar surface area (TPSA) is 88.7 Å². The molecule has 0 radical (unpaired) electrons. The number of benzene rings is 2. The van der Waals surface area contributed by atoms with Crippen LogP contribution in [0.2, 0.25) is 0 Å². The molecule has 0 saturated heterocycles. The number of rotatable bonds is 6. The Kier molecular flexibility index (Phi) is 7.57. The lowest BCUT2D eigenvalue weighted by atomic mass is 10.2. The maximum Gasteiger partial charge on any atom is 0.269 e. The van der Waals surface area contributed by atoms with Gasteiger partial charge in [0.1, 0.15) is 11.5 Å². The van der Waals surface area contributed by atoms with Crippen LogP contribution in [0.1, 0.15) is 34.1 Å². The first kappa shape index (κ1) is 20.2. The van der Waals surface area contributed by atoms with Gasteiger partial charge in [-0.1, -0.05) is 6.92 Å². The molecule has 0 spiro atoms. The third-order valence-corrected chi connectivity index (χ3v) is 3.66. The smallest absolute Gasteiger partial charge is 0.269 e. The maximum atomic E-state index is 12.2. The van der Waals surface area contributed by atoms with Gasteiger partial charge in [0.2, 0.25) is 0 Å². The summed E-state index contributed by atoms with van der Waals surface area (Å²) in [7, 11) is 1.55. The molecule has 2 aromatic carbocycles. The maximum absolute atomic E-state index is 12.2. The lowest BCUT2D eigenvalue weighted by Gasteiger charge is -2.11. The SMILES string of the molecule is CCCOc1ccc(C(=O)NC(=S)NNC(=O)c2ccc(OC)cc2)cc1. The minimum atomic E-state index is -0.397. The summed E-state index contributed by atoms with van der Waals surface area (Å²) in [5.41, 5.74) is 5.75. The van der Waals surface area contributed by atoms with Crippen LogP contribution in [0.5, 0.6) is 11.5 Å². The van der Waals surface area contributed by atoms with Gasteiger partial charge >= 0.3 is 0 Å². The normalized spacial score (nSPS) is 9.85. The summed E-state index contributed by atoms with van der Waals surface area (Å²) in [6, 6.07) is 13.3. The van der Waals surface area contributed by atoms with E-state index in [1.165, 1.54) is 0 Å². The van der Waals surface area contributed by atoms with Crippen molar-refractivity contribution in [2.75, 3.05) is 13.7 Å². The van der Waals surface area contributed by atoms with Crippen LogP contribution in [0.4, 0.5) is 0 Å². The molecule has 0 aliphatic rings. The third kappa shape index (κ3) is 6.27. The Balaban J connectivity index is 1.81. The minimum absolute atomic E-state index is 0.0202. The molecule has 0 unspecified atom stereocenters. The van der Waals surface area contributed by atoms with E-state index in [4.69, 9.17) is 21.7 Å². The zero-order chi connectivity index (χ0) is 19.6. The van der Waals surface area contributed by atoms with Gasteiger partial charge in [-0.3, -0.25) is 25.8 Å². The van der Waals surface area contributed by atoms with Gasteiger partial charge in [0.05, 0.1) is 13.7 Å². The molecule has 8 heteroatoms. The number of methoxy groups -OCH3 is 1. The molecule has 0 saturated carbocycles. The van der Waals surface area contributed by atoms with Gasteiger partial charge in [-0.2, -0.15) is 0 Å². The Labute approximate surface area is 163 Å². The van der Waals surface area contributed by atoms with E-state index in [9.17, 15) is 9.59 Å². The average Bonchev–Trinajstić information content (AvgIpc) is 2.70. The van der Waals surface area contributed by atoms with Gasteiger partial charge in [-0.15, -0.1) is 0 Å². The van der Waals surface area contributed by atoms with Gasteiger partial charge in [0.25, 0.3) is 11.8 Å². The molecular formula is C19H21N3O4S. The van der Waals surface area contributed by atoms with Crippen molar-refractivity contribution < 1.29 is 19.1 Å². The molecule has 0 bridgehead atoms. The van der Waals surface area contributed by atoms with Crippen molar-refractivity contribution in [1.82, 2.24) is 16.2 Å². The van der Waals surface area contributed by atoms with E-state index in [1.54, 1.807) is 55.6 Å². The molecule has 7 nitrogen and oxygen atoms in total. The Morgan fingerprint density at radius 3 is 2.00 bits per heavy atom. The molecule has 0 aromatic heterocycles. The van der Waals surface area contributed by atoms with Crippen LogP contribution in [0.15, 0.2) is 48.5 Å². The molecule has 27 heavy (non-hydrogen) atoms. The van der Waals surface area contributed by atoms with E-state index in [-0.39, 0.29) is 5.11 Å². The number of amides is 2. The molecule has 2 rings (SSSR count). The van der Waals surface area contributed by atoms with Crippen molar-refractivity contribution in [3.05, 3.63) is 59.7 Å². The number of hydrazine groups is 1. The standard InChI is InChI=1S/C19H21N3O4S/c1-3-12-26-16-10-6-13(7-11-16)17(23)20-19(27)22-21-18(24)14-4-8-15(25-2)9-5-14/h4-11H,3,12H2,1-2H3,(H,21,24)(H2,20,22,23,27). The number of ether oxygens (including phenoxy) is 2. The van der Waals surface area contributed by atoms with Crippen LogP contribution in [0.3, 0.4) is 0 Å². The number of thiocarbonyl (C=S) groups is 1. The fraction of sp³-hybridized carbons (Fsp3) is 0.211. The van der Waals surface area contributed by atoms with E-state index in [0.29, 0.717) is 29.2 Å². The molecule has 142 valence electrons. The van der Waals surface area contributed by atoms with Gasteiger partial charge in [0.15, 0.2) is 5.11 Å². The number of carbonyl (C=O) groups excluding carboxylic acids is 2. The van der Waals surface area contributed by atoms with Crippen molar-refractivity contribution in [3.8, 4) is 11.5 Å². The lowest BCUT2D eigenvalue weighted by Crippen LogP contribution is -2.48. The summed E-state index contributed by atoms with van der Waals surface area (Å²) >= 11 is 5.02. The fourth-order valence-electron chi connectivity index (χ4n) is 2.06. The van der Waals surface area contributed by atoms with Crippen LogP contribution in [0, 0.1) is 0 Å². The van der Waals surface area contributed by atoms with Crippen molar-refractivity contribution in [2.45, 2.75) is 13.3 Å². The number of nitrogens with one attached hydrogen (secondary N) is 3. The molecular weight excluding hydrogens is 366 g/mol. The summed E-state index contributed by atoms with van der Waals surface area (Å²) in [5, 5.41) is 2.47. The summed E-state index contributed by atoms with van der Waals surface area (Å²) in [6.45, 7) is 2.64. The predicted molar refractivity (Wildman–Crippen MR) is 106 cm³/mol. The lowest BCUT2D eigenvalue weighted by molar-refractivity contribution is 0.0934. The highest BCUT2D eigenvalue weighted by Crippen LogP contribution is 2.12. The summed E-state index contributed by atoms with van der Waals surface area (Å²) < 4.78 is 10.5. The van der Waals surface area contributed by atoms with Crippen LogP contribution < -0.4 is 25.6 Å². The number of hydrogen-bond acceptors (Lipinski definition) is 5. The Morgan fingerprint density at radius 2 is 1.44 bits per heavy atom. The largest absolute Gasteiger partial charge is 0.497 e. The summed E-state index contributed by atoms with van der Waals surface area (Å²) in [5.74, 6) is 0.550. The average molecular weight is 387 g/mol. The van der Waals surface area contributed by atoms with Gasteiger partial charge < -0.3 is 9.47 Å². The van der Waals surface area contributed by atoms with E-state index in [0.717, 1.165) is 6.42 Å². The van der Waals surface area contributed by atoms with Gasteiger partial charge in [0, 0.05) is 11.1 Å². The van der Waals surface area contributed by atoms with E-state index in [1.807, 2.05) is 6.92 Å². The highest BCUT2D eigenvalue weighted by molar-refractivity contribution is 7.80. The molecule has 0 aliphatic carbocycles. The predicted octanol–water partition coefficient (Wildman–Crippen LogP) is 2.43. The van der Waals surface area contributed by atoms with Crippen LogP contribution in [-0.4, -0.2) is 30.6 Å². The third-order valence-electron chi connectivity index (χ3n) is 3.46. The summed E-state index contributed by atoms with van der Waals surface area (Å²) in [4.78, 5) is 24.2. The van der Waals surface area contributed by atoms with E-state index in [2.05, 4.69) is 16.2 Å². The zero-order valence-electron chi connectivity index (χ0n) is 15.1. The van der Waals surface area contributed by atoms with E-state index < -0.39 is 11.8 Å². The molecule has 2 aromatic rings. The Bertz CT molecular complexity index is 792. The van der Waals surface area contributed by atoms with Crippen LogP contribution >= 0.6 is 12.2 Å². The van der Waals surface area contributed by atoms with Crippen molar-refractivity contribution in [1.29, 1.82) is 0 Å². The van der Waals surface area contributed by atoms with Crippen molar-refractivity contribution in [2.24, 2.45) is 0 Å². The van der Waals surface area contributed by atoms with Gasteiger partial charge in [-0.05, 0) is 67.2 Å². The van der Waals surface area contributed by atoms with Crippen molar-refractivity contribution in [3.63, 3.8) is 0 Å².